The van der Waals surface area contributed by atoms with Crippen molar-refractivity contribution in [2.75, 3.05) is 59.5 Å². The Balaban J connectivity index is 0.00000450. The van der Waals surface area contributed by atoms with Crippen LogP contribution in [0.25, 0.3) is 0 Å². The lowest BCUT2D eigenvalue weighted by atomic mass is 9.98. The maximum absolute atomic E-state index is 12.6. The van der Waals surface area contributed by atoms with Crippen LogP contribution in [0.2, 0.25) is 0 Å². The molecule has 0 aromatic rings. The van der Waals surface area contributed by atoms with Crippen molar-refractivity contribution in [2.45, 2.75) is 25.3 Å². The van der Waals surface area contributed by atoms with Gasteiger partial charge in [0.25, 0.3) is 0 Å². The summed E-state index contributed by atoms with van der Waals surface area (Å²) in [6.45, 7) is 4.46. The first-order valence-corrected chi connectivity index (χ1v) is 11.0. The molecule has 0 aromatic heterocycles. The Kier molecular flexibility index (Phi) is 10.4. The normalized spacial score (nSPS) is 20.0. The molecule has 0 radical (unpaired) electrons. The number of aliphatic imine (C=N–C) groups is 1. The maximum atomic E-state index is 12.6. The second-order valence-corrected chi connectivity index (χ2v) is 8.82. The van der Waals surface area contributed by atoms with Crippen molar-refractivity contribution in [3.05, 3.63) is 0 Å². The minimum atomic E-state index is -5.26. The number of nitrogens with zero attached hydrogens (tertiary/aromatic N) is 4. The van der Waals surface area contributed by atoms with Gasteiger partial charge in [-0.15, -0.1) is 24.0 Å². The number of amides is 1. The number of sulfonamides is 1. The van der Waals surface area contributed by atoms with Crippen LogP contribution in [0.4, 0.5) is 18.0 Å². The monoisotopic (exact) mass is 571 g/mol. The Morgan fingerprint density at radius 1 is 1.10 bits per heavy atom. The van der Waals surface area contributed by atoms with Crippen LogP contribution < -0.4 is 5.32 Å². The Bertz CT molecular complexity index is 691. The first-order chi connectivity index (χ1) is 13.6. The topological polar surface area (TPSA) is 94.6 Å². The molecule has 0 saturated carbocycles. The third-order valence-electron chi connectivity index (χ3n) is 5.07. The van der Waals surface area contributed by atoms with E-state index in [1.807, 2.05) is 4.90 Å². The van der Waals surface area contributed by atoms with E-state index in [0.29, 0.717) is 62.4 Å². The highest BCUT2D eigenvalue weighted by Gasteiger charge is 2.50. The summed E-state index contributed by atoms with van der Waals surface area (Å²) >= 11 is 0. The number of rotatable bonds is 4. The summed E-state index contributed by atoms with van der Waals surface area (Å²) in [5.74, 6) is 0.700. The van der Waals surface area contributed by atoms with Crippen LogP contribution in [0.1, 0.15) is 19.8 Å². The van der Waals surface area contributed by atoms with Gasteiger partial charge < -0.3 is 19.9 Å². The smallest absolute Gasteiger partial charge is 0.450 e. The SMILES string of the molecule is CCOC(=O)N1CCN(C(=NC)NCC2CCN(S(=O)(=O)C(F)(F)F)CC2)CC1.I. The number of hydrogen-bond donors (Lipinski definition) is 1. The molecule has 2 heterocycles. The molecule has 0 spiro atoms. The number of piperidine rings is 1. The largest absolute Gasteiger partial charge is 0.511 e. The fourth-order valence-corrected chi connectivity index (χ4v) is 4.37. The molecule has 14 heteroatoms. The third kappa shape index (κ3) is 6.73. The number of alkyl halides is 3. The van der Waals surface area contributed by atoms with Gasteiger partial charge in [-0.1, -0.05) is 0 Å². The Labute approximate surface area is 192 Å². The van der Waals surface area contributed by atoms with Crippen molar-refractivity contribution in [3.8, 4) is 0 Å². The van der Waals surface area contributed by atoms with E-state index >= 15 is 0 Å². The van der Waals surface area contributed by atoms with Crippen LogP contribution in [-0.4, -0.2) is 99.6 Å². The van der Waals surface area contributed by atoms with Crippen LogP contribution in [-0.2, 0) is 14.8 Å². The average Bonchev–Trinajstić information content (AvgIpc) is 2.68. The molecule has 9 nitrogen and oxygen atoms in total. The van der Waals surface area contributed by atoms with Crippen molar-refractivity contribution in [3.63, 3.8) is 0 Å². The first-order valence-electron chi connectivity index (χ1n) is 9.53. The van der Waals surface area contributed by atoms with Crippen LogP contribution in [0.3, 0.4) is 0 Å². The molecule has 30 heavy (non-hydrogen) atoms. The fourth-order valence-electron chi connectivity index (χ4n) is 3.38. The van der Waals surface area contributed by atoms with Gasteiger partial charge in [-0.3, -0.25) is 4.99 Å². The second kappa shape index (κ2) is 11.5. The van der Waals surface area contributed by atoms with Gasteiger partial charge >= 0.3 is 21.6 Å². The quantitative estimate of drug-likeness (QED) is 0.313. The zero-order valence-electron chi connectivity index (χ0n) is 17.0. The van der Waals surface area contributed by atoms with E-state index in [9.17, 15) is 26.4 Å². The number of halogens is 4. The molecule has 2 aliphatic heterocycles. The summed E-state index contributed by atoms with van der Waals surface area (Å²) in [4.78, 5) is 19.6. The van der Waals surface area contributed by atoms with Crippen molar-refractivity contribution < 1.29 is 31.1 Å². The molecule has 2 rings (SSSR count). The number of nitrogens with one attached hydrogen (secondary N) is 1. The van der Waals surface area contributed by atoms with Gasteiger partial charge in [0.2, 0.25) is 0 Å². The minimum absolute atomic E-state index is 0. The molecule has 2 aliphatic rings. The molecular formula is C16H29F3IN5O4S. The highest BCUT2D eigenvalue weighted by atomic mass is 127. The Morgan fingerprint density at radius 3 is 2.10 bits per heavy atom. The number of guanidine groups is 1. The van der Waals surface area contributed by atoms with Gasteiger partial charge in [0, 0.05) is 52.9 Å². The number of hydrogen-bond acceptors (Lipinski definition) is 5. The molecule has 0 aromatic carbocycles. The fraction of sp³-hybridized carbons (Fsp3) is 0.875. The lowest BCUT2D eigenvalue weighted by molar-refractivity contribution is -0.0496. The van der Waals surface area contributed by atoms with Crippen LogP contribution in [0.15, 0.2) is 4.99 Å². The number of carbonyl (C=O) groups excluding carboxylic acids is 1. The van der Waals surface area contributed by atoms with Crippen molar-refractivity contribution in [1.82, 2.24) is 19.4 Å². The average molecular weight is 571 g/mol. The predicted octanol–water partition coefficient (Wildman–Crippen LogP) is 1.52. The van der Waals surface area contributed by atoms with Gasteiger partial charge in [-0.25, -0.2) is 13.2 Å². The zero-order chi connectivity index (χ0) is 21.7. The summed E-state index contributed by atoms with van der Waals surface area (Å²) < 4.78 is 66.4. The van der Waals surface area contributed by atoms with E-state index in [4.69, 9.17) is 4.74 Å². The summed E-state index contributed by atoms with van der Waals surface area (Å²) in [5.41, 5.74) is -5.26. The Morgan fingerprint density at radius 2 is 1.63 bits per heavy atom. The third-order valence-corrected chi connectivity index (χ3v) is 6.70. The summed E-state index contributed by atoms with van der Waals surface area (Å²) in [5, 5.41) is 3.21. The van der Waals surface area contributed by atoms with E-state index in [1.165, 1.54) is 0 Å². The molecular weight excluding hydrogens is 542 g/mol. The molecule has 176 valence electrons. The molecule has 0 bridgehead atoms. The van der Waals surface area contributed by atoms with E-state index in [1.54, 1.807) is 18.9 Å². The summed E-state index contributed by atoms with van der Waals surface area (Å²) in [7, 11) is -3.62. The molecule has 1 amide bonds. The van der Waals surface area contributed by atoms with E-state index in [-0.39, 0.29) is 49.1 Å². The van der Waals surface area contributed by atoms with Crippen LogP contribution in [0, 0.1) is 5.92 Å². The lowest BCUT2D eigenvalue weighted by Crippen LogP contribution is -2.54. The van der Waals surface area contributed by atoms with E-state index in [0.717, 1.165) is 0 Å². The van der Waals surface area contributed by atoms with Crippen LogP contribution >= 0.6 is 24.0 Å². The molecule has 2 saturated heterocycles. The van der Waals surface area contributed by atoms with E-state index < -0.39 is 15.5 Å². The van der Waals surface area contributed by atoms with Gasteiger partial charge in [-0.2, -0.15) is 17.5 Å². The van der Waals surface area contributed by atoms with Crippen molar-refractivity contribution >= 4 is 46.1 Å². The molecule has 0 atom stereocenters. The molecule has 0 aliphatic carbocycles. The number of ether oxygens (including phenoxy) is 1. The lowest BCUT2D eigenvalue weighted by Gasteiger charge is -2.37. The van der Waals surface area contributed by atoms with E-state index in [2.05, 4.69) is 10.3 Å². The zero-order valence-corrected chi connectivity index (χ0v) is 20.2. The maximum Gasteiger partial charge on any atom is 0.511 e. The summed E-state index contributed by atoms with van der Waals surface area (Å²) in [6, 6.07) is 0. The first kappa shape index (κ1) is 27.0. The second-order valence-electron chi connectivity index (χ2n) is 6.89. The predicted molar refractivity (Wildman–Crippen MR) is 116 cm³/mol. The number of carbonyl (C=O) groups is 1. The Hall–Kier alpha value is -1.03. The molecule has 2 fully saturated rings. The number of piperazine rings is 1. The minimum Gasteiger partial charge on any atom is -0.450 e. The van der Waals surface area contributed by atoms with Crippen molar-refractivity contribution in [2.24, 2.45) is 10.9 Å². The molecule has 1 N–H and O–H groups in total. The van der Waals surface area contributed by atoms with Gasteiger partial charge in [0.1, 0.15) is 0 Å². The van der Waals surface area contributed by atoms with Gasteiger partial charge in [-0.05, 0) is 25.7 Å². The highest BCUT2D eigenvalue weighted by Crippen LogP contribution is 2.30. The van der Waals surface area contributed by atoms with Gasteiger partial charge in [0.15, 0.2) is 5.96 Å². The van der Waals surface area contributed by atoms with Crippen molar-refractivity contribution in [1.29, 1.82) is 0 Å². The molecule has 0 unspecified atom stereocenters. The highest BCUT2D eigenvalue weighted by molar-refractivity contribution is 14.0. The van der Waals surface area contributed by atoms with Crippen LogP contribution in [0.5, 0.6) is 0 Å². The van der Waals surface area contributed by atoms with Gasteiger partial charge in [0.05, 0.1) is 6.61 Å². The summed E-state index contributed by atoms with van der Waals surface area (Å²) in [6.07, 6.45) is 0.349. The standard InChI is InChI=1S/C16H28F3N5O4S.HI/c1-3-28-15(25)23-10-8-22(9-11-23)14(20-2)21-12-13-4-6-24(7-5-13)29(26,27)16(17,18)19;/h13H,3-12H2,1-2H3,(H,20,21);1H.